The number of hydrogen-bond donors (Lipinski definition) is 2. The zero-order valence-electron chi connectivity index (χ0n) is 22.1. The number of carbonyl (C=O) groups excluding carboxylic acids is 3. The van der Waals surface area contributed by atoms with Crippen molar-refractivity contribution >= 4 is 23.6 Å². The summed E-state index contributed by atoms with van der Waals surface area (Å²) in [6.45, 7) is 10.9. The van der Waals surface area contributed by atoms with Crippen LogP contribution < -0.4 is 15.4 Å². The van der Waals surface area contributed by atoms with Crippen molar-refractivity contribution in [2.75, 3.05) is 12.4 Å². The van der Waals surface area contributed by atoms with Crippen molar-refractivity contribution in [3.8, 4) is 5.75 Å². The Hall–Kier alpha value is -3.55. The fraction of sp³-hybridized carbons (Fsp3) is 0.464. The number of alkyl carbamates (subject to hydrolysis) is 1. The Morgan fingerprint density at radius 2 is 1.61 bits per heavy atom. The van der Waals surface area contributed by atoms with Crippen LogP contribution in [0.15, 0.2) is 48.5 Å². The Balaban J connectivity index is 1.92. The maximum atomic E-state index is 13.8. The number of methoxy groups -OCH3 is 1. The van der Waals surface area contributed by atoms with Crippen LogP contribution in [0.1, 0.15) is 58.2 Å². The molecule has 0 aromatic heterocycles. The number of amides is 3. The highest BCUT2D eigenvalue weighted by molar-refractivity contribution is 5.99. The van der Waals surface area contributed by atoms with Crippen LogP contribution in [-0.4, -0.2) is 47.6 Å². The van der Waals surface area contributed by atoms with Crippen molar-refractivity contribution in [2.45, 2.75) is 71.7 Å². The molecule has 0 spiro atoms. The molecule has 8 heteroatoms. The van der Waals surface area contributed by atoms with Gasteiger partial charge in [0.2, 0.25) is 5.91 Å². The summed E-state index contributed by atoms with van der Waals surface area (Å²) in [6, 6.07) is 12.7. The van der Waals surface area contributed by atoms with Crippen LogP contribution in [0.4, 0.5) is 10.5 Å². The molecule has 0 saturated heterocycles. The van der Waals surface area contributed by atoms with Gasteiger partial charge in [-0.25, -0.2) is 4.79 Å². The third kappa shape index (κ3) is 6.99. The van der Waals surface area contributed by atoms with E-state index in [1.165, 1.54) is 0 Å². The minimum atomic E-state index is -0.880. The molecule has 1 saturated carbocycles. The number of ether oxygens (including phenoxy) is 2. The second-order valence-electron chi connectivity index (χ2n) is 10.4. The fourth-order valence-corrected chi connectivity index (χ4v) is 4.01. The van der Waals surface area contributed by atoms with Gasteiger partial charge in [-0.2, -0.15) is 0 Å². The maximum absolute atomic E-state index is 13.8. The molecule has 1 fully saturated rings. The number of nitrogens with one attached hydrogen (secondary N) is 2. The molecule has 2 aromatic carbocycles. The summed E-state index contributed by atoms with van der Waals surface area (Å²) in [7, 11) is 1.58. The summed E-state index contributed by atoms with van der Waals surface area (Å²) in [6.07, 6.45) is 0.102. The average Bonchev–Trinajstić information content (AvgIpc) is 3.52. The Morgan fingerprint density at radius 3 is 2.11 bits per heavy atom. The summed E-state index contributed by atoms with van der Waals surface area (Å²) >= 11 is 0. The topological polar surface area (TPSA) is 97.0 Å². The third-order valence-electron chi connectivity index (χ3n) is 6.06. The molecule has 2 N–H and O–H groups in total. The van der Waals surface area contributed by atoms with Crippen LogP contribution in [0.2, 0.25) is 0 Å². The highest BCUT2D eigenvalue weighted by Crippen LogP contribution is 2.41. The van der Waals surface area contributed by atoms with E-state index in [1.807, 2.05) is 38.1 Å². The van der Waals surface area contributed by atoms with E-state index in [-0.39, 0.29) is 23.8 Å². The molecule has 194 valence electrons. The second kappa shape index (κ2) is 11.0. The summed E-state index contributed by atoms with van der Waals surface area (Å²) in [5.74, 6) is 0.241. The Kier molecular flexibility index (Phi) is 8.28. The van der Waals surface area contributed by atoms with Gasteiger partial charge < -0.3 is 25.0 Å². The number of hydrogen-bond acceptors (Lipinski definition) is 5. The number of nitrogens with zero attached hydrogens (tertiary/aromatic N) is 1. The molecule has 0 heterocycles. The summed E-state index contributed by atoms with van der Waals surface area (Å²) in [5.41, 5.74) is 1.64. The summed E-state index contributed by atoms with van der Waals surface area (Å²) in [4.78, 5) is 41.5. The summed E-state index contributed by atoms with van der Waals surface area (Å²) in [5, 5.41) is 5.58. The fourth-order valence-electron chi connectivity index (χ4n) is 4.01. The van der Waals surface area contributed by atoms with Crippen molar-refractivity contribution in [3.63, 3.8) is 0 Å². The van der Waals surface area contributed by atoms with Gasteiger partial charge in [0.15, 0.2) is 0 Å². The third-order valence-corrected chi connectivity index (χ3v) is 6.06. The van der Waals surface area contributed by atoms with Gasteiger partial charge in [0.1, 0.15) is 23.4 Å². The number of aryl methyl sites for hydroxylation is 1. The molecule has 0 radical (unpaired) electrons. The zero-order chi connectivity index (χ0) is 26.6. The molecule has 36 heavy (non-hydrogen) atoms. The normalized spacial score (nSPS) is 18.4. The zero-order valence-corrected chi connectivity index (χ0v) is 22.1. The number of rotatable bonds is 8. The summed E-state index contributed by atoms with van der Waals surface area (Å²) < 4.78 is 10.5. The highest BCUT2D eigenvalue weighted by Gasteiger charge is 2.47. The molecule has 3 rings (SSSR count). The smallest absolute Gasteiger partial charge is 0.408 e. The largest absolute Gasteiger partial charge is 0.497 e. The Morgan fingerprint density at radius 1 is 1.03 bits per heavy atom. The van der Waals surface area contributed by atoms with Crippen LogP contribution in [0, 0.1) is 12.8 Å². The minimum Gasteiger partial charge on any atom is -0.497 e. The van der Waals surface area contributed by atoms with Crippen LogP contribution in [0.25, 0.3) is 0 Å². The van der Waals surface area contributed by atoms with E-state index in [9.17, 15) is 14.4 Å². The Bertz CT molecular complexity index is 1080. The van der Waals surface area contributed by atoms with Gasteiger partial charge in [-0.15, -0.1) is 0 Å². The predicted octanol–water partition coefficient (Wildman–Crippen LogP) is 4.83. The molecule has 4 atom stereocenters. The first-order valence-corrected chi connectivity index (χ1v) is 12.2. The number of carbonyl (C=O) groups is 3. The van der Waals surface area contributed by atoms with Gasteiger partial charge in [0, 0.05) is 11.7 Å². The lowest BCUT2D eigenvalue weighted by atomic mass is 10.0. The standard InChI is InChI=1S/C28H37N3O5/c1-17-8-10-20(11-9-17)24(25(32)30-21-12-14-22(35-7)15-13-21)31(23-16-18(23)2)26(33)19(3)29-27(34)36-28(4,5)6/h8-15,18-19,23-24H,16H2,1-7H3,(H,29,34)(H,30,32). The van der Waals surface area contributed by atoms with E-state index in [0.717, 1.165) is 12.0 Å². The number of benzene rings is 2. The molecule has 3 amide bonds. The van der Waals surface area contributed by atoms with Gasteiger partial charge in [0.05, 0.1) is 7.11 Å². The van der Waals surface area contributed by atoms with Crippen molar-refractivity contribution < 1.29 is 23.9 Å². The molecule has 0 aliphatic heterocycles. The highest BCUT2D eigenvalue weighted by atomic mass is 16.6. The molecule has 0 bridgehead atoms. The lowest BCUT2D eigenvalue weighted by molar-refractivity contribution is -0.141. The van der Waals surface area contributed by atoms with Crippen molar-refractivity contribution in [2.24, 2.45) is 5.92 Å². The Labute approximate surface area is 213 Å². The van der Waals surface area contributed by atoms with Crippen LogP contribution >= 0.6 is 0 Å². The second-order valence-corrected chi connectivity index (χ2v) is 10.4. The SMILES string of the molecule is COc1ccc(NC(=O)C(c2ccc(C)cc2)N(C(=O)C(C)NC(=O)OC(C)(C)C)C2CC2C)cc1. The van der Waals surface area contributed by atoms with Crippen molar-refractivity contribution in [1.82, 2.24) is 10.2 Å². The van der Waals surface area contributed by atoms with E-state index in [4.69, 9.17) is 9.47 Å². The lowest BCUT2D eigenvalue weighted by Crippen LogP contribution is -2.52. The molecule has 1 aliphatic rings. The van der Waals surface area contributed by atoms with Gasteiger partial charge in [-0.1, -0.05) is 36.8 Å². The minimum absolute atomic E-state index is 0.117. The quantitative estimate of drug-likeness (QED) is 0.547. The van der Waals surface area contributed by atoms with Crippen LogP contribution in [0.3, 0.4) is 0 Å². The first kappa shape index (κ1) is 27.0. The van der Waals surface area contributed by atoms with E-state index < -0.39 is 23.8 Å². The van der Waals surface area contributed by atoms with Crippen LogP contribution in [-0.2, 0) is 14.3 Å². The van der Waals surface area contributed by atoms with Crippen molar-refractivity contribution in [1.29, 1.82) is 0 Å². The average molecular weight is 496 g/mol. The van der Waals surface area contributed by atoms with E-state index in [0.29, 0.717) is 17.0 Å². The molecule has 4 unspecified atom stereocenters. The molecule has 8 nitrogen and oxygen atoms in total. The molecule has 2 aromatic rings. The first-order valence-electron chi connectivity index (χ1n) is 12.2. The van der Waals surface area contributed by atoms with E-state index in [2.05, 4.69) is 10.6 Å². The first-order chi connectivity index (χ1) is 16.9. The van der Waals surface area contributed by atoms with E-state index >= 15 is 0 Å². The monoisotopic (exact) mass is 495 g/mol. The van der Waals surface area contributed by atoms with E-state index in [1.54, 1.807) is 64.0 Å². The van der Waals surface area contributed by atoms with Gasteiger partial charge >= 0.3 is 6.09 Å². The lowest BCUT2D eigenvalue weighted by Gasteiger charge is -2.34. The molecular formula is C28H37N3O5. The van der Waals surface area contributed by atoms with Crippen LogP contribution in [0.5, 0.6) is 5.75 Å². The van der Waals surface area contributed by atoms with Gasteiger partial charge in [-0.05, 0) is 76.8 Å². The van der Waals surface area contributed by atoms with Crippen molar-refractivity contribution in [3.05, 3.63) is 59.7 Å². The van der Waals surface area contributed by atoms with Gasteiger partial charge in [-0.3, -0.25) is 9.59 Å². The predicted molar refractivity (Wildman–Crippen MR) is 139 cm³/mol. The maximum Gasteiger partial charge on any atom is 0.408 e. The van der Waals surface area contributed by atoms with Gasteiger partial charge in [0.25, 0.3) is 5.91 Å². The number of anilines is 1. The molecular weight excluding hydrogens is 458 g/mol. The molecule has 1 aliphatic carbocycles.